The number of hydrogen-bond donors (Lipinski definition) is 1. The molecule has 0 unspecified atom stereocenters. The van der Waals surface area contributed by atoms with E-state index in [0.717, 1.165) is 11.3 Å². The van der Waals surface area contributed by atoms with Gasteiger partial charge in [0, 0.05) is 19.8 Å². The molecule has 0 aliphatic rings. The van der Waals surface area contributed by atoms with E-state index in [1.807, 2.05) is 44.0 Å². The van der Waals surface area contributed by atoms with Gasteiger partial charge < -0.3 is 15.0 Å². The number of anilines is 3. The van der Waals surface area contributed by atoms with E-state index in [1.165, 1.54) is 0 Å². The summed E-state index contributed by atoms with van der Waals surface area (Å²) in [6, 6.07) is 8.40. The van der Waals surface area contributed by atoms with Crippen LogP contribution in [0.4, 0.5) is 17.6 Å². The summed E-state index contributed by atoms with van der Waals surface area (Å²) in [6.45, 7) is 5.93. The minimum absolute atomic E-state index is 0.00808. The van der Waals surface area contributed by atoms with E-state index in [-0.39, 0.29) is 6.10 Å². The van der Waals surface area contributed by atoms with Gasteiger partial charge >= 0.3 is 6.01 Å². The Bertz CT molecular complexity index is 615. The predicted molar refractivity (Wildman–Crippen MR) is 84.4 cm³/mol. The number of nitrogens with one attached hydrogen (secondary N) is 1. The van der Waals surface area contributed by atoms with Gasteiger partial charge in [0.25, 0.3) is 0 Å². The molecule has 2 rings (SSSR count). The standard InChI is InChI=1S/C15H21N5O/c1-10(2)21-15-18-13(16-4)17-14(19-15)20(5)12-9-7-6-8-11(12)3/h6-10H,1-5H3,(H,16,17,18,19). The van der Waals surface area contributed by atoms with Gasteiger partial charge in [-0.15, -0.1) is 0 Å². The van der Waals surface area contributed by atoms with Gasteiger partial charge in [0.05, 0.1) is 6.10 Å². The van der Waals surface area contributed by atoms with Gasteiger partial charge in [0.2, 0.25) is 11.9 Å². The van der Waals surface area contributed by atoms with Crippen molar-refractivity contribution in [2.75, 3.05) is 24.3 Å². The number of para-hydroxylation sites is 1. The molecule has 1 aromatic carbocycles. The fourth-order valence-corrected chi connectivity index (χ4v) is 1.92. The Morgan fingerprint density at radius 3 is 2.48 bits per heavy atom. The molecule has 112 valence electrons. The Balaban J connectivity index is 2.40. The van der Waals surface area contributed by atoms with E-state index in [0.29, 0.717) is 17.9 Å². The van der Waals surface area contributed by atoms with Crippen LogP contribution in [0.25, 0.3) is 0 Å². The summed E-state index contributed by atoms with van der Waals surface area (Å²) in [5.41, 5.74) is 2.19. The maximum Gasteiger partial charge on any atom is 0.323 e. The van der Waals surface area contributed by atoms with Crippen molar-refractivity contribution in [3.8, 4) is 6.01 Å². The van der Waals surface area contributed by atoms with E-state index in [2.05, 4.69) is 33.3 Å². The zero-order valence-electron chi connectivity index (χ0n) is 13.1. The van der Waals surface area contributed by atoms with Crippen LogP contribution in [0, 0.1) is 6.92 Å². The van der Waals surface area contributed by atoms with Crippen molar-refractivity contribution in [2.24, 2.45) is 0 Å². The highest BCUT2D eigenvalue weighted by Gasteiger charge is 2.14. The van der Waals surface area contributed by atoms with Crippen molar-refractivity contribution >= 4 is 17.6 Å². The number of ether oxygens (including phenoxy) is 1. The van der Waals surface area contributed by atoms with Crippen LogP contribution in [-0.4, -0.2) is 35.2 Å². The molecule has 0 atom stereocenters. The maximum absolute atomic E-state index is 5.58. The van der Waals surface area contributed by atoms with Crippen LogP contribution >= 0.6 is 0 Å². The molecule has 0 saturated carbocycles. The first kappa shape index (κ1) is 15.0. The van der Waals surface area contributed by atoms with E-state index >= 15 is 0 Å². The molecule has 0 fully saturated rings. The Hall–Kier alpha value is -2.37. The van der Waals surface area contributed by atoms with Crippen molar-refractivity contribution in [3.63, 3.8) is 0 Å². The summed E-state index contributed by atoms with van der Waals surface area (Å²) < 4.78 is 5.58. The van der Waals surface area contributed by atoms with Gasteiger partial charge in [-0.1, -0.05) is 18.2 Å². The first-order chi connectivity index (χ1) is 10.0. The smallest absolute Gasteiger partial charge is 0.323 e. The molecule has 1 aromatic heterocycles. The van der Waals surface area contributed by atoms with E-state index in [4.69, 9.17) is 4.74 Å². The molecule has 6 nitrogen and oxygen atoms in total. The normalized spacial score (nSPS) is 10.6. The predicted octanol–water partition coefficient (Wildman–Crippen LogP) is 2.78. The van der Waals surface area contributed by atoms with Crippen LogP contribution in [0.1, 0.15) is 19.4 Å². The van der Waals surface area contributed by atoms with Crippen molar-refractivity contribution in [1.82, 2.24) is 15.0 Å². The molecular formula is C15H21N5O. The van der Waals surface area contributed by atoms with Gasteiger partial charge in [-0.25, -0.2) is 0 Å². The molecule has 0 amide bonds. The molecule has 1 N–H and O–H groups in total. The lowest BCUT2D eigenvalue weighted by Gasteiger charge is -2.20. The summed E-state index contributed by atoms with van der Waals surface area (Å²) in [4.78, 5) is 14.9. The third-order valence-corrected chi connectivity index (χ3v) is 2.94. The van der Waals surface area contributed by atoms with Crippen LogP contribution in [0.5, 0.6) is 6.01 Å². The number of benzene rings is 1. The molecule has 0 bridgehead atoms. The Morgan fingerprint density at radius 1 is 1.14 bits per heavy atom. The fourth-order valence-electron chi connectivity index (χ4n) is 1.92. The van der Waals surface area contributed by atoms with E-state index in [1.54, 1.807) is 7.05 Å². The van der Waals surface area contributed by atoms with Crippen LogP contribution in [0.15, 0.2) is 24.3 Å². The number of rotatable bonds is 5. The molecule has 6 heteroatoms. The molecule has 0 aliphatic heterocycles. The zero-order chi connectivity index (χ0) is 15.4. The Kier molecular flexibility index (Phi) is 4.57. The average molecular weight is 287 g/mol. The Labute approximate surface area is 125 Å². The molecular weight excluding hydrogens is 266 g/mol. The number of aryl methyl sites for hydroxylation is 1. The maximum atomic E-state index is 5.58. The van der Waals surface area contributed by atoms with Crippen LogP contribution in [0.3, 0.4) is 0 Å². The second-order valence-corrected chi connectivity index (χ2v) is 5.00. The quantitative estimate of drug-likeness (QED) is 0.912. The zero-order valence-corrected chi connectivity index (χ0v) is 13.1. The minimum Gasteiger partial charge on any atom is -0.461 e. The molecule has 0 aliphatic carbocycles. The SMILES string of the molecule is CNc1nc(OC(C)C)nc(N(C)c2ccccc2C)n1. The number of nitrogens with zero attached hydrogens (tertiary/aromatic N) is 4. The lowest BCUT2D eigenvalue weighted by molar-refractivity contribution is 0.222. The van der Waals surface area contributed by atoms with Crippen molar-refractivity contribution in [3.05, 3.63) is 29.8 Å². The first-order valence-corrected chi connectivity index (χ1v) is 6.91. The van der Waals surface area contributed by atoms with Crippen LogP contribution < -0.4 is 15.0 Å². The monoisotopic (exact) mass is 287 g/mol. The van der Waals surface area contributed by atoms with Crippen molar-refractivity contribution < 1.29 is 4.74 Å². The van der Waals surface area contributed by atoms with Crippen molar-refractivity contribution in [2.45, 2.75) is 26.9 Å². The first-order valence-electron chi connectivity index (χ1n) is 6.91. The second kappa shape index (κ2) is 6.39. The van der Waals surface area contributed by atoms with E-state index in [9.17, 15) is 0 Å². The van der Waals surface area contributed by atoms with Crippen LogP contribution in [0.2, 0.25) is 0 Å². The lowest BCUT2D eigenvalue weighted by atomic mass is 10.2. The van der Waals surface area contributed by atoms with Gasteiger partial charge in [-0.2, -0.15) is 15.0 Å². The van der Waals surface area contributed by atoms with Crippen LogP contribution in [-0.2, 0) is 0 Å². The minimum atomic E-state index is 0.00808. The number of hydrogen-bond acceptors (Lipinski definition) is 6. The topological polar surface area (TPSA) is 63.2 Å². The summed E-state index contributed by atoms with van der Waals surface area (Å²) in [5, 5.41) is 2.93. The molecule has 0 radical (unpaired) electrons. The summed E-state index contributed by atoms with van der Waals surface area (Å²) in [5.74, 6) is 1.02. The highest BCUT2D eigenvalue weighted by Crippen LogP contribution is 2.25. The Morgan fingerprint density at radius 2 is 1.86 bits per heavy atom. The van der Waals surface area contributed by atoms with Gasteiger partial charge in [-0.05, 0) is 32.4 Å². The highest BCUT2D eigenvalue weighted by atomic mass is 16.5. The van der Waals surface area contributed by atoms with Crippen molar-refractivity contribution in [1.29, 1.82) is 0 Å². The van der Waals surface area contributed by atoms with Gasteiger partial charge in [-0.3, -0.25) is 0 Å². The molecule has 2 aromatic rings. The summed E-state index contributed by atoms with van der Waals surface area (Å²) >= 11 is 0. The highest BCUT2D eigenvalue weighted by molar-refractivity contribution is 5.61. The fraction of sp³-hybridized carbons (Fsp3) is 0.400. The second-order valence-electron chi connectivity index (χ2n) is 5.00. The average Bonchev–Trinajstić information content (AvgIpc) is 2.46. The van der Waals surface area contributed by atoms with Gasteiger partial charge in [0.15, 0.2) is 0 Å². The molecule has 21 heavy (non-hydrogen) atoms. The largest absolute Gasteiger partial charge is 0.461 e. The third kappa shape index (κ3) is 3.59. The molecule has 0 saturated heterocycles. The summed E-state index contributed by atoms with van der Waals surface area (Å²) in [7, 11) is 3.70. The lowest BCUT2D eigenvalue weighted by Crippen LogP contribution is -2.17. The third-order valence-electron chi connectivity index (χ3n) is 2.94. The molecule has 1 heterocycles. The summed E-state index contributed by atoms with van der Waals surface area (Å²) in [6.07, 6.45) is 0.00808. The number of aromatic nitrogens is 3. The van der Waals surface area contributed by atoms with Gasteiger partial charge in [0.1, 0.15) is 0 Å². The molecule has 0 spiro atoms. The van der Waals surface area contributed by atoms with E-state index < -0.39 is 0 Å².